The van der Waals surface area contributed by atoms with Gasteiger partial charge in [-0.15, -0.1) is 0 Å². The van der Waals surface area contributed by atoms with Crippen LogP contribution in [0.5, 0.6) is 0 Å². The number of hydrogen-bond acceptors (Lipinski definition) is 4. The van der Waals surface area contributed by atoms with E-state index in [0.717, 1.165) is 11.1 Å². The first-order chi connectivity index (χ1) is 13.5. The molecule has 0 fully saturated rings. The monoisotopic (exact) mass is 377 g/mol. The second-order valence-corrected chi connectivity index (χ2v) is 6.98. The summed E-state index contributed by atoms with van der Waals surface area (Å²) in [4.78, 5) is 38.7. The fourth-order valence-corrected chi connectivity index (χ4v) is 3.69. The fourth-order valence-electron chi connectivity index (χ4n) is 3.69. The number of benzene rings is 2. The smallest absolute Gasteiger partial charge is 0.303 e. The van der Waals surface area contributed by atoms with E-state index in [2.05, 4.69) is 0 Å². The molecule has 1 aromatic heterocycles. The van der Waals surface area contributed by atoms with Gasteiger partial charge in [0.1, 0.15) is 5.58 Å². The van der Waals surface area contributed by atoms with E-state index in [-0.39, 0.29) is 30.1 Å². The van der Waals surface area contributed by atoms with E-state index in [9.17, 15) is 14.4 Å². The first-order valence-corrected chi connectivity index (χ1v) is 9.12. The number of carbonyl (C=O) groups is 2. The predicted molar refractivity (Wildman–Crippen MR) is 103 cm³/mol. The number of hydrogen-bond donors (Lipinski definition) is 1. The zero-order valence-corrected chi connectivity index (χ0v) is 15.3. The van der Waals surface area contributed by atoms with Crippen molar-refractivity contribution in [1.82, 2.24) is 4.90 Å². The lowest BCUT2D eigenvalue weighted by Crippen LogP contribution is -2.31. The maximum Gasteiger partial charge on any atom is 0.303 e. The first kappa shape index (κ1) is 18.0. The second-order valence-electron chi connectivity index (χ2n) is 6.98. The van der Waals surface area contributed by atoms with E-state index >= 15 is 0 Å². The average molecular weight is 377 g/mol. The highest BCUT2D eigenvalue weighted by molar-refractivity contribution is 5.99. The number of fused-ring (bicyclic) bond motifs is 2. The molecule has 1 amide bonds. The molecule has 1 aliphatic heterocycles. The zero-order valence-electron chi connectivity index (χ0n) is 15.3. The summed E-state index contributed by atoms with van der Waals surface area (Å²) in [6.45, 7) is 2.19. The van der Waals surface area contributed by atoms with Crippen molar-refractivity contribution in [3.63, 3.8) is 0 Å². The molecule has 142 valence electrons. The Hall–Kier alpha value is -3.41. The van der Waals surface area contributed by atoms with Crippen molar-refractivity contribution in [2.45, 2.75) is 25.8 Å². The molecule has 1 aliphatic rings. The van der Waals surface area contributed by atoms with Gasteiger partial charge in [-0.25, -0.2) is 0 Å². The van der Waals surface area contributed by atoms with Gasteiger partial charge < -0.3 is 14.4 Å². The number of carboxylic acid groups (broad SMARTS) is 1. The molecule has 3 aromatic rings. The second kappa shape index (κ2) is 6.96. The Kier molecular flexibility index (Phi) is 4.47. The molecule has 0 aliphatic carbocycles. The maximum absolute atomic E-state index is 13.2. The summed E-state index contributed by atoms with van der Waals surface area (Å²) in [5.74, 6) is -1.26. The molecule has 28 heavy (non-hydrogen) atoms. The number of nitrogens with zero attached hydrogens (tertiary/aromatic N) is 1. The number of aliphatic carboxylic acids is 1. The number of rotatable bonds is 5. The summed E-state index contributed by atoms with van der Waals surface area (Å²) in [6.07, 6.45) is 0.245. The van der Waals surface area contributed by atoms with Gasteiger partial charge >= 0.3 is 5.97 Å². The van der Waals surface area contributed by atoms with Gasteiger partial charge in [-0.3, -0.25) is 14.4 Å². The Morgan fingerprint density at radius 2 is 1.82 bits per heavy atom. The largest absolute Gasteiger partial charge is 0.481 e. The van der Waals surface area contributed by atoms with Crippen LogP contribution in [0.25, 0.3) is 11.0 Å². The third-order valence-electron chi connectivity index (χ3n) is 5.06. The lowest BCUT2D eigenvalue weighted by atomic mass is 9.97. The van der Waals surface area contributed by atoms with Crippen LogP contribution in [0.15, 0.2) is 57.7 Å². The summed E-state index contributed by atoms with van der Waals surface area (Å²) >= 11 is 0. The van der Waals surface area contributed by atoms with Gasteiger partial charge in [-0.1, -0.05) is 42.0 Å². The molecule has 1 N–H and O–H groups in total. The standard InChI is InChI=1S/C22H19NO5/c1-13-8-10-14(11-9-13)19-18-20(26)15-5-2-3-6-16(15)28-21(18)22(27)23(19)12-4-7-17(24)25/h2-3,5-6,8-11,19H,4,7,12H2,1H3,(H,24,25)/t19-/m0/s1. The summed E-state index contributed by atoms with van der Waals surface area (Å²) in [7, 11) is 0. The summed E-state index contributed by atoms with van der Waals surface area (Å²) < 4.78 is 5.82. The third kappa shape index (κ3) is 2.97. The van der Waals surface area contributed by atoms with Crippen LogP contribution in [-0.2, 0) is 4.79 Å². The molecule has 0 saturated carbocycles. The van der Waals surface area contributed by atoms with Crippen LogP contribution in [0.3, 0.4) is 0 Å². The Morgan fingerprint density at radius 1 is 1.11 bits per heavy atom. The van der Waals surface area contributed by atoms with E-state index in [0.29, 0.717) is 23.0 Å². The number of amides is 1. The number of carbonyl (C=O) groups excluding carboxylic acids is 1. The van der Waals surface area contributed by atoms with Gasteiger partial charge in [-0.2, -0.15) is 0 Å². The summed E-state index contributed by atoms with van der Waals surface area (Å²) in [5.41, 5.74) is 2.33. The van der Waals surface area contributed by atoms with Gasteiger partial charge in [0.05, 0.1) is 17.0 Å². The molecule has 6 nitrogen and oxygen atoms in total. The molecule has 0 saturated heterocycles. The molecular weight excluding hydrogens is 358 g/mol. The van der Waals surface area contributed by atoms with E-state index in [1.54, 1.807) is 29.2 Å². The topological polar surface area (TPSA) is 87.8 Å². The highest BCUT2D eigenvalue weighted by atomic mass is 16.4. The van der Waals surface area contributed by atoms with Crippen LogP contribution in [0.4, 0.5) is 0 Å². The summed E-state index contributed by atoms with van der Waals surface area (Å²) in [5, 5.41) is 9.37. The Morgan fingerprint density at radius 3 is 2.54 bits per heavy atom. The fraction of sp³-hybridized carbons (Fsp3) is 0.227. The van der Waals surface area contributed by atoms with Crippen LogP contribution in [0.1, 0.15) is 46.1 Å². The number of aryl methyl sites for hydroxylation is 1. The van der Waals surface area contributed by atoms with E-state index in [1.165, 1.54) is 0 Å². The van der Waals surface area contributed by atoms with Crippen LogP contribution in [0.2, 0.25) is 0 Å². The Labute approximate surface area is 161 Å². The minimum Gasteiger partial charge on any atom is -0.481 e. The molecule has 0 unspecified atom stereocenters. The van der Waals surface area contributed by atoms with Crippen LogP contribution < -0.4 is 5.43 Å². The maximum atomic E-state index is 13.2. The first-order valence-electron chi connectivity index (χ1n) is 9.12. The van der Waals surface area contributed by atoms with Crippen LogP contribution in [-0.4, -0.2) is 28.4 Å². The molecular formula is C22H19NO5. The van der Waals surface area contributed by atoms with Gasteiger partial charge in [0.2, 0.25) is 5.76 Å². The van der Waals surface area contributed by atoms with Gasteiger partial charge in [0.15, 0.2) is 5.43 Å². The molecule has 0 spiro atoms. The van der Waals surface area contributed by atoms with E-state index in [4.69, 9.17) is 9.52 Å². The molecule has 4 rings (SSSR count). The van der Waals surface area contributed by atoms with E-state index in [1.807, 2.05) is 31.2 Å². The molecule has 0 bridgehead atoms. The van der Waals surface area contributed by atoms with Crippen molar-refractivity contribution in [3.05, 3.63) is 81.2 Å². The predicted octanol–water partition coefficient (Wildman–Crippen LogP) is 3.51. The van der Waals surface area contributed by atoms with Gasteiger partial charge in [0, 0.05) is 13.0 Å². The zero-order chi connectivity index (χ0) is 19.8. The lowest BCUT2D eigenvalue weighted by Gasteiger charge is -2.25. The minimum absolute atomic E-state index is 0.0459. The Bertz CT molecular complexity index is 1130. The van der Waals surface area contributed by atoms with Crippen molar-refractivity contribution in [2.24, 2.45) is 0 Å². The number of para-hydroxylation sites is 1. The molecule has 6 heteroatoms. The van der Waals surface area contributed by atoms with Crippen LogP contribution in [0, 0.1) is 6.92 Å². The highest BCUT2D eigenvalue weighted by Crippen LogP contribution is 2.38. The SMILES string of the molecule is Cc1ccc([C@H]2c3c(oc4ccccc4c3=O)C(=O)N2CCCC(=O)O)cc1. The van der Waals surface area contributed by atoms with Crippen molar-refractivity contribution in [1.29, 1.82) is 0 Å². The van der Waals surface area contributed by atoms with Crippen molar-refractivity contribution in [3.8, 4) is 0 Å². The molecule has 2 heterocycles. The minimum atomic E-state index is -0.920. The molecule has 1 atom stereocenters. The molecule has 0 radical (unpaired) electrons. The number of carboxylic acids is 1. The van der Waals surface area contributed by atoms with Gasteiger partial charge in [0.25, 0.3) is 5.91 Å². The Balaban J connectivity index is 1.87. The van der Waals surface area contributed by atoms with Crippen LogP contribution >= 0.6 is 0 Å². The third-order valence-corrected chi connectivity index (χ3v) is 5.06. The summed E-state index contributed by atoms with van der Waals surface area (Å²) in [6, 6.07) is 13.9. The average Bonchev–Trinajstić information content (AvgIpc) is 2.95. The van der Waals surface area contributed by atoms with Crippen molar-refractivity contribution >= 4 is 22.8 Å². The van der Waals surface area contributed by atoms with Crippen molar-refractivity contribution < 1.29 is 19.1 Å². The molecule has 2 aromatic carbocycles. The van der Waals surface area contributed by atoms with Gasteiger partial charge in [-0.05, 0) is 31.0 Å². The quantitative estimate of drug-likeness (QED) is 0.735. The highest BCUT2D eigenvalue weighted by Gasteiger charge is 2.42. The van der Waals surface area contributed by atoms with E-state index < -0.39 is 12.0 Å². The van der Waals surface area contributed by atoms with Crippen molar-refractivity contribution in [2.75, 3.05) is 6.54 Å². The lowest BCUT2D eigenvalue weighted by molar-refractivity contribution is -0.137. The normalized spacial score (nSPS) is 15.8.